The van der Waals surface area contributed by atoms with Gasteiger partial charge in [-0.2, -0.15) is 10.0 Å². The molecular formula is C8H8N4O6. The van der Waals surface area contributed by atoms with Crippen LogP contribution >= 0.6 is 0 Å². The lowest BCUT2D eigenvalue weighted by atomic mass is 10.5. The Labute approximate surface area is 99.4 Å². The quantitative estimate of drug-likeness (QED) is 0.241. The highest BCUT2D eigenvalue weighted by atomic mass is 16.6. The number of hydrogen-bond donors (Lipinski definition) is 2. The van der Waals surface area contributed by atoms with Crippen LogP contribution in [0.2, 0.25) is 0 Å². The number of hydrazine groups is 1. The fraction of sp³-hybridized carbons (Fsp3) is 0.125. The van der Waals surface area contributed by atoms with E-state index < -0.39 is 29.4 Å². The number of aliphatic hydroxyl groups is 1. The third kappa shape index (κ3) is 3.20. The number of nitrogens with zero attached hydrogens (tertiary/aromatic N) is 3. The lowest BCUT2D eigenvalue weighted by Gasteiger charge is -2.08. The lowest BCUT2D eigenvalue weighted by molar-refractivity contribution is -0.402. The number of nitrogens with two attached hydrogens (primary N) is 1. The number of furan rings is 1. The molecule has 1 rings (SSSR count). The zero-order chi connectivity index (χ0) is 13.7. The summed E-state index contributed by atoms with van der Waals surface area (Å²) in [4.78, 5) is 34.7. The largest absolute Gasteiger partial charge is 0.433 e. The molecule has 3 N–H and O–H groups in total. The van der Waals surface area contributed by atoms with Crippen molar-refractivity contribution in [2.75, 3.05) is 6.61 Å². The number of imide groups is 1. The van der Waals surface area contributed by atoms with Crippen molar-refractivity contribution in [3.8, 4) is 0 Å². The number of nitro groups is 1. The van der Waals surface area contributed by atoms with Crippen molar-refractivity contribution in [3.05, 3.63) is 28.0 Å². The topological polar surface area (TPSA) is 152 Å². The molecule has 0 saturated heterocycles. The highest BCUT2D eigenvalue weighted by Gasteiger charge is 2.16. The molecule has 1 aromatic rings. The minimum Gasteiger partial charge on any atom is -0.400 e. The Morgan fingerprint density at radius 1 is 1.61 bits per heavy atom. The number of hydrogen-bond acceptors (Lipinski definition) is 7. The van der Waals surface area contributed by atoms with Crippen LogP contribution in [0.5, 0.6) is 0 Å². The molecule has 0 aromatic carbocycles. The molecule has 10 heteroatoms. The van der Waals surface area contributed by atoms with Gasteiger partial charge in [0, 0.05) is 0 Å². The molecule has 0 bridgehead atoms. The minimum atomic E-state index is -1.15. The number of aliphatic imine (C=N–C) groups is 1. The molecule has 0 aliphatic carbocycles. The van der Waals surface area contributed by atoms with Crippen LogP contribution < -0.4 is 5.84 Å². The van der Waals surface area contributed by atoms with E-state index in [-0.39, 0.29) is 10.8 Å². The van der Waals surface area contributed by atoms with Crippen LogP contribution in [0.4, 0.5) is 10.7 Å². The van der Waals surface area contributed by atoms with Crippen molar-refractivity contribution >= 4 is 24.0 Å². The van der Waals surface area contributed by atoms with Gasteiger partial charge in [-0.25, -0.2) is 10.6 Å². The molecule has 0 saturated carbocycles. The van der Waals surface area contributed by atoms with Gasteiger partial charge >= 0.3 is 11.9 Å². The van der Waals surface area contributed by atoms with Gasteiger partial charge in [0.15, 0.2) is 5.76 Å². The van der Waals surface area contributed by atoms with E-state index in [0.29, 0.717) is 0 Å². The van der Waals surface area contributed by atoms with E-state index in [2.05, 4.69) is 9.41 Å². The van der Waals surface area contributed by atoms with Gasteiger partial charge in [0.1, 0.15) is 11.5 Å². The summed E-state index contributed by atoms with van der Waals surface area (Å²) in [5.74, 6) is 3.40. The number of aliphatic hydroxyl groups excluding tert-OH is 1. The molecule has 0 radical (unpaired) electrons. The number of rotatable bonds is 3. The Kier molecular flexibility index (Phi) is 4.23. The normalized spacial score (nSPS) is 10.6. The molecule has 3 amide bonds. The lowest BCUT2D eigenvalue weighted by Crippen LogP contribution is -2.42. The monoisotopic (exact) mass is 256 g/mol. The van der Waals surface area contributed by atoms with Crippen LogP contribution in [-0.2, 0) is 4.79 Å². The standard InChI is InChI=1S/C8H8N4O6/c9-11(6(14)4-13)8(15)10-3-5-1-2-7(18-5)12(16)17/h1-3,13H,4,9H2. The molecule has 1 heterocycles. The van der Waals surface area contributed by atoms with Gasteiger partial charge in [0.05, 0.1) is 12.3 Å². The maximum Gasteiger partial charge on any atom is 0.433 e. The van der Waals surface area contributed by atoms with E-state index in [1.165, 1.54) is 6.07 Å². The third-order valence-electron chi connectivity index (χ3n) is 1.70. The number of amides is 3. The molecule has 0 atom stereocenters. The van der Waals surface area contributed by atoms with E-state index in [0.717, 1.165) is 12.3 Å². The number of carbonyl (C=O) groups is 2. The van der Waals surface area contributed by atoms with Crippen molar-refractivity contribution in [1.29, 1.82) is 0 Å². The molecule has 0 spiro atoms. The first kappa shape index (κ1) is 13.5. The van der Waals surface area contributed by atoms with Crippen molar-refractivity contribution in [1.82, 2.24) is 5.01 Å². The SMILES string of the molecule is NN(C(=O)CO)C(=O)N=Cc1ccc([N+](=O)[O-])o1. The molecule has 0 unspecified atom stereocenters. The summed E-state index contributed by atoms with van der Waals surface area (Å²) in [6, 6.07) is 1.14. The van der Waals surface area contributed by atoms with Gasteiger partial charge in [-0.3, -0.25) is 14.9 Å². The van der Waals surface area contributed by atoms with E-state index in [4.69, 9.17) is 10.9 Å². The van der Waals surface area contributed by atoms with E-state index >= 15 is 0 Å². The van der Waals surface area contributed by atoms with Crippen molar-refractivity contribution in [2.24, 2.45) is 10.8 Å². The van der Waals surface area contributed by atoms with E-state index in [1.54, 1.807) is 0 Å². The van der Waals surface area contributed by atoms with Crippen LogP contribution in [0, 0.1) is 10.1 Å². The average Bonchev–Trinajstić information content (AvgIpc) is 2.82. The summed E-state index contributed by atoms with van der Waals surface area (Å²) in [5, 5.41) is 18.8. The summed E-state index contributed by atoms with van der Waals surface area (Å²) >= 11 is 0. The molecular weight excluding hydrogens is 248 g/mol. The first-order valence-corrected chi connectivity index (χ1v) is 4.46. The fourth-order valence-corrected chi connectivity index (χ4v) is 0.874. The maximum atomic E-state index is 11.2. The smallest absolute Gasteiger partial charge is 0.400 e. The van der Waals surface area contributed by atoms with Crippen molar-refractivity contribution in [3.63, 3.8) is 0 Å². The predicted octanol–water partition coefficient (Wildman–Crippen LogP) is -0.579. The summed E-state index contributed by atoms with van der Waals surface area (Å²) in [6.07, 6.45) is 0.861. The Hall–Kier alpha value is -2.59. The van der Waals surface area contributed by atoms with Gasteiger partial charge in [0.25, 0.3) is 5.91 Å². The Morgan fingerprint density at radius 3 is 2.78 bits per heavy atom. The van der Waals surface area contributed by atoms with Crippen LogP contribution in [0.1, 0.15) is 5.76 Å². The molecule has 0 aliphatic heterocycles. The molecule has 1 aromatic heterocycles. The summed E-state index contributed by atoms with van der Waals surface area (Å²) in [7, 11) is 0. The average molecular weight is 256 g/mol. The third-order valence-corrected chi connectivity index (χ3v) is 1.70. The Balaban J connectivity index is 2.71. The maximum absolute atomic E-state index is 11.2. The summed E-state index contributed by atoms with van der Waals surface area (Å²) in [6.45, 7) is -0.940. The van der Waals surface area contributed by atoms with Gasteiger partial charge in [-0.05, 0) is 6.07 Å². The zero-order valence-electron chi connectivity index (χ0n) is 8.85. The second-order valence-electron chi connectivity index (χ2n) is 2.90. The van der Waals surface area contributed by atoms with Gasteiger partial charge in [-0.1, -0.05) is 0 Å². The zero-order valence-corrected chi connectivity index (χ0v) is 8.85. The highest BCUT2D eigenvalue weighted by Crippen LogP contribution is 2.13. The number of urea groups is 1. The molecule has 18 heavy (non-hydrogen) atoms. The number of carbonyl (C=O) groups excluding carboxylic acids is 2. The van der Waals surface area contributed by atoms with E-state index in [1.807, 2.05) is 0 Å². The van der Waals surface area contributed by atoms with Gasteiger partial charge in [-0.15, -0.1) is 0 Å². The van der Waals surface area contributed by atoms with Gasteiger partial charge in [0.2, 0.25) is 0 Å². The van der Waals surface area contributed by atoms with Crippen LogP contribution in [0.3, 0.4) is 0 Å². The summed E-state index contributed by atoms with van der Waals surface area (Å²) < 4.78 is 4.67. The van der Waals surface area contributed by atoms with Gasteiger partial charge < -0.3 is 9.52 Å². The molecule has 0 fully saturated rings. The Morgan fingerprint density at radius 2 is 2.28 bits per heavy atom. The Bertz CT molecular complexity index is 507. The van der Waals surface area contributed by atoms with Crippen LogP contribution in [-0.4, -0.2) is 39.8 Å². The second-order valence-corrected chi connectivity index (χ2v) is 2.90. The first-order chi connectivity index (χ1) is 8.45. The minimum absolute atomic E-state index is 0.0557. The van der Waals surface area contributed by atoms with Crippen molar-refractivity contribution in [2.45, 2.75) is 0 Å². The first-order valence-electron chi connectivity index (χ1n) is 4.46. The van der Waals surface area contributed by atoms with Crippen LogP contribution in [0.25, 0.3) is 0 Å². The van der Waals surface area contributed by atoms with Crippen molar-refractivity contribution < 1.29 is 24.0 Å². The predicted molar refractivity (Wildman–Crippen MR) is 56.5 cm³/mol. The summed E-state index contributed by atoms with van der Waals surface area (Å²) in [5.41, 5.74) is 0. The van der Waals surface area contributed by atoms with E-state index in [9.17, 15) is 19.7 Å². The molecule has 96 valence electrons. The fourth-order valence-electron chi connectivity index (χ4n) is 0.874. The molecule has 10 nitrogen and oxygen atoms in total. The molecule has 0 aliphatic rings. The highest BCUT2D eigenvalue weighted by molar-refractivity contribution is 5.98. The second kappa shape index (κ2) is 5.65. The van der Waals surface area contributed by atoms with Crippen LogP contribution in [0.15, 0.2) is 21.5 Å².